The van der Waals surface area contributed by atoms with Gasteiger partial charge in [0.15, 0.2) is 0 Å². The number of morpholine rings is 3. The van der Waals surface area contributed by atoms with Gasteiger partial charge in [0.2, 0.25) is 0 Å². The summed E-state index contributed by atoms with van der Waals surface area (Å²) in [4.78, 5) is 55.5. The van der Waals surface area contributed by atoms with E-state index in [1.807, 2.05) is 16.7 Å². The molecule has 3 aliphatic heterocycles. The average Bonchev–Trinajstić information content (AvgIpc) is 3.75. The second-order valence-corrected chi connectivity index (χ2v) is 15.1. The maximum absolute atomic E-state index is 14.2. The number of benzene rings is 2. The molecular formula is C38H41F2N5O8S2. The summed E-state index contributed by atoms with van der Waals surface area (Å²) in [5.74, 6) is -2.94. The minimum atomic E-state index is -1.04. The number of nitrogens with one attached hydrogen (secondary N) is 2. The van der Waals surface area contributed by atoms with Gasteiger partial charge in [0.25, 0.3) is 17.7 Å². The molecule has 0 bridgehead atoms. The second-order valence-electron chi connectivity index (χ2n) is 13.0. The van der Waals surface area contributed by atoms with Crippen LogP contribution in [0.4, 0.5) is 30.2 Å². The number of thiophene rings is 2. The van der Waals surface area contributed by atoms with Gasteiger partial charge in [-0.15, -0.1) is 22.7 Å². The number of carboxylic acids is 1. The highest BCUT2D eigenvalue weighted by molar-refractivity contribution is 7.18. The smallest absolute Gasteiger partial charge is 0.346 e. The van der Waals surface area contributed by atoms with Crippen molar-refractivity contribution in [3.8, 4) is 0 Å². The Hall–Kier alpha value is -4.94. The van der Waals surface area contributed by atoms with Gasteiger partial charge in [0.1, 0.15) is 16.5 Å². The molecule has 0 saturated carbocycles. The molecule has 4 aromatic rings. The largest absolute Gasteiger partial charge is 0.477 e. The zero-order chi connectivity index (χ0) is 39.1. The Kier molecular flexibility index (Phi) is 13.1. The van der Waals surface area contributed by atoms with Crippen molar-refractivity contribution in [3.05, 3.63) is 92.2 Å². The van der Waals surface area contributed by atoms with Crippen LogP contribution in [-0.4, -0.2) is 113 Å². The molecule has 0 spiro atoms. The van der Waals surface area contributed by atoms with Crippen molar-refractivity contribution < 1.29 is 47.3 Å². The number of nitrogens with zero attached hydrogens (tertiary/aromatic N) is 3. The molecule has 3 amide bonds. The Labute approximate surface area is 324 Å². The molecule has 3 N–H and O–H groups in total. The van der Waals surface area contributed by atoms with Gasteiger partial charge < -0.3 is 44.7 Å². The number of carbonyl (C=O) groups excluding carboxylic acids is 3. The lowest BCUT2D eigenvalue weighted by Crippen LogP contribution is -2.40. The maximum Gasteiger partial charge on any atom is 0.346 e. The zero-order valence-electron chi connectivity index (χ0n) is 30.3. The number of hydrogen-bond acceptors (Lipinski definition) is 11. The molecule has 3 saturated heterocycles. The minimum absolute atomic E-state index is 0.0540. The van der Waals surface area contributed by atoms with Gasteiger partial charge in [0, 0.05) is 61.8 Å². The first-order valence-corrected chi connectivity index (χ1v) is 19.3. The lowest BCUT2D eigenvalue weighted by molar-refractivity contribution is 0.0305. The Bertz CT molecular complexity index is 2040. The van der Waals surface area contributed by atoms with Crippen LogP contribution in [0.3, 0.4) is 0 Å². The molecule has 0 atom stereocenters. The number of ether oxygens (including phenoxy) is 3. The van der Waals surface area contributed by atoms with Gasteiger partial charge in [-0.2, -0.15) is 0 Å². The van der Waals surface area contributed by atoms with Gasteiger partial charge in [-0.25, -0.2) is 13.6 Å². The third-order valence-electron chi connectivity index (χ3n) is 9.04. The Morgan fingerprint density at radius 1 is 0.600 bits per heavy atom. The number of aryl methyl sites for hydroxylation is 2. The molecule has 2 aromatic heterocycles. The van der Waals surface area contributed by atoms with Crippen LogP contribution in [-0.2, 0) is 14.2 Å². The van der Waals surface area contributed by atoms with Gasteiger partial charge in [-0.1, -0.05) is 0 Å². The molecule has 0 radical (unpaired) electrons. The fraction of sp³-hybridized carbons (Fsp3) is 0.368. The summed E-state index contributed by atoms with van der Waals surface area (Å²) in [6.45, 7) is 10.5. The average molecular weight is 798 g/mol. The normalized spacial score (nSPS) is 15.9. The highest BCUT2D eigenvalue weighted by Crippen LogP contribution is 2.30. The number of aromatic carboxylic acids is 1. The molecule has 0 aliphatic carbocycles. The quantitative estimate of drug-likeness (QED) is 0.202. The highest BCUT2D eigenvalue weighted by Gasteiger charge is 2.24. The monoisotopic (exact) mass is 797 g/mol. The van der Waals surface area contributed by atoms with Crippen LogP contribution in [0.5, 0.6) is 0 Å². The van der Waals surface area contributed by atoms with Crippen molar-refractivity contribution in [1.82, 2.24) is 4.90 Å². The molecule has 3 fully saturated rings. The van der Waals surface area contributed by atoms with E-state index in [1.54, 1.807) is 36.1 Å². The highest BCUT2D eigenvalue weighted by atomic mass is 32.1. The molecule has 2 aromatic carbocycles. The van der Waals surface area contributed by atoms with Crippen LogP contribution in [0.15, 0.2) is 48.5 Å². The van der Waals surface area contributed by atoms with Crippen molar-refractivity contribution in [3.63, 3.8) is 0 Å². The van der Waals surface area contributed by atoms with Crippen molar-refractivity contribution in [2.45, 2.75) is 13.8 Å². The number of carboxylic acid groups (broad SMARTS) is 1. The first kappa shape index (κ1) is 39.7. The van der Waals surface area contributed by atoms with Crippen LogP contribution in [0.1, 0.15) is 51.2 Å². The fourth-order valence-electron chi connectivity index (χ4n) is 6.21. The number of hydrogen-bond donors (Lipinski definition) is 3. The van der Waals surface area contributed by atoms with E-state index < -0.39 is 29.4 Å². The first-order chi connectivity index (χ1) is 26.4. The molecule has 0 unspecified atom stereocenters. The Morgan fingerprint density at radius 2 is 1.00 bits per heavy atom. The van der Waals surface area contributed by atoms with E-state index >= 15 is 0 Å². The maximum atomic E-state index is 14.2. The fourth-order valence-corrected chi connectivity index (χ4v) is 8.15. The van der Waals surface area contributed by atoms with E-state index in [1.165, 1.54) is 29.5 Å². The van der Waals surface area contributed by atoms with Gasteiger partial charge in [-0.05, 0) is 73.5 Å². The molecule has 17 heteroatoms. The summed E-state index contributed by atoms with van der Waals surface area (Å²) in [6.07, 6.45) is 0. The van der Waals surface area contributed by atoms with E-state index in [4.69, 9.17) is 19.3 Å². The van der Waals surface area contributed by atoms with Gasteiger partial charge >= 0.3 is 5.97 Å². The van der Waals surface area contributed by atoms with Crippen LogP contribution < -0.4 is 20.4 Å². The molecule has 3 aliphatic rings. The van der Waals surface area contributed by atoms with Crippen molar-refractivity contribution >= 4 is 67.7 Å². The topological polar surface area (TPSA) is 150 Å². The molecule has 55 heavy (non-hydrogen) atoms. The van der Waals surface area contributed by atoms with Gasteiger partial charge in [-0.3, -0.25) is 14.4 Å². The summed E-state index contributed by atoms with van der Waals surface area (Å²) in [6, 6.07) is 11.9. The van der Waals surface area contributed by atoms with Crippen LogP contribution in [0.2, 0.25) is 0 Å². The summed E-state index contributed by atoms with van der Waals surface area (Å²) >= 11 is 2.21. The molecule has 292 valence electrons. The molecule has 5 heterocycles. The van der Waals surface area contributed by atoms with E-state index in [0.29, 0.717) is 111 Å². The van der Waals surface area contributed by atoms with Crippen LogP contribution >= 0.6 is 22.7 Å². The van der Waals surface area contributed by atoms with Gasteiger partial charge in [0.05, 0.1) is 54.5 Å². The Morgan fingerprint density at radius 3 is 1.42 bits per heavy atom. The Balaban J connectivity index is 0.000000190. The van der Waals surface area contributed by atoms with Crippen LogP contribution in [0.25, 0.3) is 0 Å². The number of carbonyl (C=O) groups is 4. The lowest BCUT2D eigenvalue weighted by atomic mass is 10.1. The van der Waals surface area contributed by atoms with E-state index in [-0.39, 0.29) is 21.9 Å². The predicted molar refractivity (Wildman–Crippen MR) is 207 cm³/mol. The molecular weight excluding hydrogens is 757 g/mol. The lowest BCUT2D eigenvalue weighted by Gasteiger charge is -2.29. The first-order valence-electron chi connectivity index (χ1n) is 17.7. The summed E-state index contributed by atoms with van der Waals surface area (Å²) in [5.41, 5.74) is 3.09. The molecule has 7 rings (SSSR count). The van der Waals surface area contributed by atoms with E-state index in [0.717, 1.165) is 23.0 Å². The minimum Gasteiger partial charge on any atom is -0.477 e. The van der Waals surface area contributed by atoms with E-state index in [9.17, 15) is 28.0 Å². The second kappa shape index (κ2) is 18.1. The number of amides is 3. The van der Waals surface area contributed by atoms with Crippen molar-refractivity contribution in [1.29, 1.82) is 0 Å². The van der Waals surface area contributed by atoms with E-state index in [2.05, 4.69) is 10.6 Å². The standard InChI is InChI=1S/C21H24FN3O4S.C17H17FN2O4S/c1-14-10-18(30-19(14)21(27)25-4-8-29-9-5-25)23-20(26)15-11-16(22)13-17(12-15)24-2-6-28-7-3-24;1-10-6-14(25-15(10)17(22)23)19-16(21)11-7-12(18)9-13(8-11)20-2-4-24-5-3-20/h10-13H,2-9H2,1H3,(H,23,26);6-9H,2-5H2,1H3,(H,19,21)(H,22,23). The zero-order valence-corrected chi connectivity index (χ0v) is 32.0. The van der Waals surface area contributed by atoms with Crippen LogP contribution in [0, 0.1) is 25.5 Å². The predicted octanol–water partition coefficient (Wildman–Crippen LogP) is 5.74. The summed E-state index contributed by atoms with van der Waals surface area (Å²) < 4.78 is 44.0. The third-order valence-corrected chi connectivity index (χ3v) is 11.3. The summed E-state index contributed by atoms with van der Waals surface area (Å²) in [7, 11) is 0. The van der Waals surface area contributed by atoms with Crippen molar-refractivity contribution in [2.24, 2.45) is 0 Å². The number of anilines is 4. The van der Waals surface area contributed by atoms with Crippen molar-refractivity contribution in [2.75, 3.05) is 99.3 Å². The number of rotatable bonds is 8. The third kappa shape index (κ3) is 10.2. The molecule has 13 nitrogen and oxygen atoms in total. The SMILES string of the molecule is Cc1cc(NC(=O)c2cc(F)cc(N3CCOCC3)c2)sc1C(=O)N1CCOCC1.Cc1cc(NC(=O)c2cc(F)cc(N3CCOCC3)c2)sc1C(=O)O. The number of halogens is 2. The summed E-state index contributed by atoms with van der Waals surface area (Å²) in [5, 5.41) is 15.5.